The maximum atomic E-state index is 12.3. The van der Waals surface area contributed by atoms with E-state index in [2.05, 4.69) is 31.3 Å². The zero-order valence-electron chi connectivity index (χ0n) is 17.7. The normalized spacial score (nSPS) is 11.5. The van der Waals surface area contributed by atoms with Crippen molar-refractivity contribution < 1.29 is 14.3 Å². The van der Waals surface area contributed by atoms with Gasteiger partial charge in [-0.25, -0.2) is 5.43 Å². The van der Waals surface area contributed by atoms with E-state index in [0.29, 0.717) is 40.9 Å². The number of hydrogen-bond donors (Lipinski definition) is 1. The van der Waals surface area contributed by atoms with Gasteiger partial charge in [-0.2, -0.15) is 5.10 Å². The second-order valence-corrected chi connectivity index (χ2v) is 8.05. The molecule has 29 heavy (non-hydrogen) atoms. The van der Waals surface area contributed by atoms with E-state index in [-0.39, 0.29) is 11.3 Å². The van der Waals surface area contributed by atoms with Crippen LogP contribution >= 0.6 is 11.6 Å². The van der Waals surface area contributed by atoms with Crippen LogP contribution in [0.4, 0.5) is 0 Å². The van der Waals surface area contributed by atoms with Crippen molar-refractivity contribution in [2.75, 3.05) is 13.2 Å². The van der Waals surface area contributed by atoms with Crippen LogP contribution in [-0.2, 0) is 5.41 Å². The number of hydrazone groups is 1. The van der Waals surface area contributed by atoms with Crippen molar-refractivity contribution in [1.29, 1.82) is 0 Å². The Balaban J connectivity index is 2.10. The third kappa shape index (κ3) is 6.50. The van der Waals surface area contributed by atoms with Crippen LogP contribution in [0.15, 0.2) is 41.5 Å². The van der Waals surface area contributed by atoms with Gasteiger partial charge >= 0.3 is 0 Å². The lowest BCUT2D eigenvalue weighted by molar-refractivity contribution is 0.0955. The van der Waals surface area contributed by atoms with Crippen LogP contribution in [0.3, 0.4) is 0 Å². The predicted molar refractivity (Wildman–Crippen MR) is 119 cm³/mol. The van der Waals surface area contributed by atoms with Gasteiger partial charge in [0.1, 0.15) is 0 Å². The lowest BCUT2D eigenvalue weighted by Crippen LogP contribution is -2.18. The molecule has 0 saturated carbocycles. The first-order valence-electron chi connectivity index (χ1n) is 9.79. The summed E-state index contributed by atoms with van der Waals surface area (Å²) in [7, 11) is 0. The largest absolute Gasteiger partial charge is 0.490 e. The number of halogens is 1. The number of carbonyl (C=O) groups is 1. The molecule has 5 nitrogen and oxygen atoms in total. The van der Waals surface area contributed by atoms with Gasteiger partial charge in [-0.1, -0.05) is 51.4 Å². The Morgan fingerprint density at radius 1 is 1.14 bits per heavy atom. The Morgan fingerprint density at radius 3 is 2.41 bits per heavy atom. The maximum absolute atomic E-state index is 12.3. The van der Waals surface area contributed by atoms with Gasteiger partial charge in [0, 0.05) is 5.56 Å². The minimum Gasteiger partial charge on any atom is -0.490 e. The molecule has 0 bridgehead atoms. The molecule has 0 fully saturated rings. The SMILES string of the molecule is CCCOc1c(Cl)cc(/C=N\NC(=O)c2ccc(C(C)(C)C)cc2)cc1OCC. The fourth-order valence-electron chi connectivity index (χ4n) is 2.62. The second-order valence-electron chi connectivity index (χ2n) is 7.64. The first-order chi connectivity index (χ1) is 13.8. The van der Waals surface area contributed by atoms with Gasteiger partial charge in [0.2, 0.25) is 0 Å². The fourth-order valence-corrected chi connectivity index (χ4v) is 2.89. The van der Waals surface area contributed by atoms with Crippen molar-refractivity contribution in [1.82, 2.24) is 5.43 Å². The van der Waals surface area contributed by atoms with E-state index in [0.717, 1.165) is 6.42 Å². The Labute approximate surface area is 178 Å². The van der Waals surface area contributed by atoms with Crippen LogP contribution in [0.1, 0.15) is 62.5 Å². The van der Waals surface area contributed by atoms with E-state index < -0.39 is 0 Å². The first-order valence-corrected chi connectivity index (χ1v) is 10.2. The van der Waals surface area contributed by atoms with Gasteiger partial charge in [-0.05, 0) is 54.2 Å². The molecule has 6 heteroatoms. The lowest BCUT2D eigenvalue weighted by Gasteiger charge is -2.18. The lowest BCUT2D eigenvalue weighted by atomic mass is 9.87. The molecule has 0 radical (unpaired) electrons. The minimum atomic E-state index is -0.277. The van der Waals surface area contributed by atoms with Crippen LogP contribution < -0.4 is 14.9 Å². The predicted octanol–water partition coefficient (Wildman–Crippen LogP) is 5.59. The fraction of sp³-hybridized carbons (Fsp3) is 0.391. The Bertz CT molecular complexity index is 856. The zero-order chi connectivity index (χ0) is 21.4. The second kappa shape index (κ2) is 10.3. The standard InChI is InChI=1S/C23H29ClN2O3/c1-6-12-29-21-19(24)13-16(14-20(21)28-7-2)15-25-26-22(27)17-8-10-18(11-9-17)23(3,4)5/h8-11,13-15H,6-7,12H2,1-5H3,(H,26,27)/b25-15-. The van der Waals surface area contributed by atoms with Gasteiger partial charge in [-0.15, -0.1) is 0 Å². The Morgan fingerprint density at radius 2 is 1.83 bits per heavy atom. The summed E-state index contributed by atoms with van der Waals surface area (Å²) in [6, 6.07) is 11.0. The smallest absolute Gasteiger partial charge is 0.271 e. The molecule has 0 spiro atoms. The number of ether oxygens (including phenoxy) is 2. The first kappa shape index (κ1) is 22.8. The molecule has 0 aliphatic heterocycles. The van der Waals surface area contributed by atoms with Gasteiger partial charge in [0.25, 0.3) is 5.91 Å². The van der Waals surface area contributed by atoms with Crippen molar-refractivity contribution in [2.24, 2.45) is 5.10 Å². The molecule has 0 saturated heterocycles. The summed E-state index contributed by atoms with van der Waals surface area (Å²) >= 11 is 6.34. The van der Waals surface area contributed by atoms with Gasteiger partial charge in [-0.3, -0.25) is 4.79 Å². The number of nitrogens with one attached hydrogen (secondary N) is 1. The van der Waals surface area contributed by atoms with Gasteiger partial charge in [0.15, 0.2) is 11.5 Å². The van der Waals surface area contributed by atoms with E-state index >= 15 is 0 Å². The van der Waals surface area contributed by atoms with Gasteiger partial charge < -0.3 is 9.47 Å². The number of rotatable bonds is 8. The third-order valence-corrected chi connectivity index (χ3v) is 4.46. The molecule has 0 unspecified atom stereocenters. The Hall–Kier alpha value is -2.53. The average Bonchev–Trinajstić information content (AvgIpc) is 2.67. The minimum absolute atomic E-state index is 0.0394. The van der Waals surface area contributed by atoms with Crippen molar-refractivity contribution in [3.05, 3.63) is 58.1 Å². The summed E-state index contributed by atoms with van der Waals surface area (Å²) < 4.78 is 11.3. The van der Waals surface area contributed by atoms with Gasteiger partial charge in [0.05, 0.1) is 24.5 Å². The molecule has 1 N–H and O–H groups in total. The number of carbonyl (C=O) groups excluding carboxylic acids is 1. The van der Waals surface area contributed by atoms with Crippen LogP contribution in [0, 0.1) is 0 Å². The van der Waals surface area contributed by atoms with E-state index in [1.807, 2.05) is 26.0 Å². The molecule has 0 heterocycles. The molecule has 2 aromatic carbocycles. The summed E-state index contributed by atoms with van der Waals surface area (Å²) in [5.74, 6) is 0.801. The number of benzene rings is 2. The highest BCUT2D eigenvalue weighted by Crippen LogP contribution is 2.36. The van der Waals surface area contributed by atoms with Crippen molar-refractivity contribution in [3.63, 3.8) is 0 Å². The molecule has 0 atom stereocenters. The van der Waals surface area contributed by atoms with Crippen LogP contribution in [0.2, 0.25) is 5.02 Å². The van der Waals surface area contributed by atoms with E-state index in [1.165, 1.54) is 11.8 Å². The maximum Gasteiger partial charge on any atom is 0.271 e. The topological polar surface area (TPSA) is 59.9 Å². The highest BCUT2D eigenvalue weighted by Gasteiger charge is 2.14. The summed E-state index contributed by atoms with van der Waals surface area (Å²) in [6.45, 7) is 11.3. The van der Waals surface area contributed by atoms with Crippen molar-refractivity contribution in [3.8, 4) is 11.5 Å². The summed E-state index contributed by atoms with van der Waals surface area (Å²) in [5, 5.41) is 4.48. The molecule has 156 valence electrons. The molecule has 2 aromatic rings. The molecule has 2 rings (SSSR count). The van der Waals surface area contributed by atoms with Crippen molar-refractivity contribution in [2.45, 2.75) is 46.5 Å². The number of hydrogen-bond acceptors (Lipinski definition) is 4. The van der Waals surface area contributed by atoms with Crippen molar-refractivity contribution >= 4 is 23.7 Å². The quantitative estimate of drug-likeness (QED) is 0.450. The van der Waals surface area contributed by atoms with E-state index in [9.17, 15) is 4.79 Å². The van der Waals surface area contributed by atoms with E-state index in [1.54, 1.807) is 24.3 Å². The molecule has 0 aliphatic carbocycles. The highest BCUT2D eigenvalue weighted by molar-refractivity contribution is 6.32. The summed E-state index contributed by atoms with van der Waals surface area (Å²) in [5.41, 5.74) is 5.00. The van der Waals surface area contributed by atoms with Crippen LogP contribution in [0.5, 0.6) is 11.5 Å². The number of amides is 1. The Kier molecular flexibility index (Phi) is 8.09. The third-order valence-electron chi connectivity index (χ3n) is 4.18. The van der Waals surface area contributed by atoms with Crippen LogP contribution in [-0.4, -0.2) is 25.3 Å². The highest BCUT2D eigenvalue weighted by atomic mass is 35.5. The monoisotopic (exact) mass is 416 g/mol. The molecule has 0 aromatic heterocycles. The molecule has 0 aliphatic rings. The average molecular weight is 417 g/mol. The molecular formula is C23H29ClN2O3. The molecular weight excluding hydrogens is 388 g/mol. The summed E-state index contributed by atoms with van der Waals surface area (Å²) in [4.78, 5) is 12.3. The van der Waals surface area contributed by atoms with E-state index in [4.69, 9.17) is 21.1 Å². The van der Waals surface area contributed by atoms with Crippen LogP contribution in [0.25, 0.3) is 0 Å². The molecule has 1 amide bonds. The summed E-state index contributed by atoms with van der Waals surface area (Å²) in [6.07, 6.45) is 2.40. The number of nitrogens with zero attached hydrogens (tertiary/aromatic N) is 1. The zero-order valence-corrected chi connectivity index (χ0v) is 18.5.